The Labute approximate surface area is 163 Å². The molecule has 2 heterocycles. The highest BCUT2D eigenvalue weighted by atomic mass is 35.5. The Balaban J connectivity index is 1.93. The number of rotatable bonds is 7. The predicted molar refractivity (Wildman–Crippen MR) is 111 cm³/mol. The first-order valence-corrected chi connectivity index (χ1v) is 10.1. The molecular weight excluding hydrogens is 348 g/mol. The summed E-state index contributed by atoms with van der Waals surface area (Å²) < 4.78 is 2.07. The number of hydrogen-bond acceptors (Lipinski definition) is 3. The zero-order valence-electron chi connectivity index (χ0n) is 17.0. The van der Waals surface area contributed by atoms with Crippen molar-refractivity contribution in [2.45, 2.75) is 33.4 Å². The molecule has 1 N–H and O–H groups in total. The van der Waals surface area contributed by atoms with E-state index >= 15 is 0 Å². The van der Waals surface area contributed by atoms with Crippen LogP contribution in [0.4, 0.5) is 0 Å². The maximum Gasteiger partial charge on any atom is 0.194 e. The van der Waals surface area contributed by atoms with Gasteiger partial charge in [0, 0.05) is 64.8 Å². The van der Waals surface area contributed by atoms with Crippen molar-refractivity contribution in [3.63, 3.8) is 0 Å². The monoisotopic (exact) mass is 382 g/mol. The van der Waals surface area contributed by atoms with E-state index in [0.717, 1.165) is 50.3 Å². The zero-order valence-corrected chi connectivity index (χ0v) is 17.8. The Morgan fingerprint density at radius 3 is 2.54 bits per heavy atom. The number of aromatic nitrogens is 1. The van der Waals surface area contributed by atoms with Gasteiger partial charge in [-0.15, -0.1) is 0 Å². The molecule has 1 aromatic heterocycles. The zero-order chi connectivity index (χ0) is 19.1. The smallest absolute Gasteiger partial charge is 0.194 e. The van der Waals surface area contributed by atoms with Crippen molar-refractivity contribution in [3.05, 3.63) is 23.0 Å². The molecular formula is C19H35ClN6. The highest BCUT2D eigenvalue weighted by Gasteiger charge is 2.20. The van der Waals surface area contributed by atoms with Crippen LogP contribution in [0.2, 0.25) is 5.02 Å². The lowest BCUT2D eigenvalue weighted by Gasteiger charge is -2.37. The molecule has 148 valence electrons. The van der Waals surface area contributed by atoms with Crippen molar-refractivity contribution in [2.24, 2.45) is 12.0 Å². The minimum Gasteiger partial charge on any atom is -0.357 e. The first-order valence-electron chi connectivity index (χ1n) is 9.71. The standard InChI is InChI=1S/C19H35ClN6/c1-6-21-19(24(5)15-18-12-17(20)14-23(18)4)22-13-16(3)26-10-8-25(7-2)9-11-26/h12,14,16H,6-11,13,15H2,1-5H3,(H,21,22). The van der Waals surface area contributed by atoms with Crippen molar-refractivity contribution in [1.82, 2.24) is 24.6 Å². The Morgan fingerprint density at radius 2 is 2.00 bits per heavy atom. The molecule has 0 amide bonds. The van der Waals surface area contributed by atoms with E-state index in [1.165, 1.54) is 18.8 Å². The number of hydrogen-bond donors (Lipinski definition) is 1. The van der Waals surface area contributed by atoms with Crippen LogP contribution in [-0.2, 0) is 13.6 Å². The number of halogens is 1. The van der Waals surface area contributed by atoms with Crippen LogP contribution in [0.1, 0.15) is 26.5 Å². The number of piperazine rings is 1. The number of nitrogens with one attached hydrogen (secondary N) is 1. The van der Waals surface area contributed by atoms with E-state index in [4.69, 9.17) is 16.6 Å². The van der Waals surface area contributed by atoms with Gasteiger partial charge in [-0.3, -0.25) is 9.89 Å². The molecule has 0 aliphatic carbocycles. The van der Waals surface area contributed by atoms with Crippen LogP contribution in [0.15, 0.2) is 17.3 Å². The molecule has 6 nitrogen and oxygen atoms in total. The Morgan fingerprint density at radius 1 is 1.31 bits per heavy atom. The topological polar surface area (TPSA) is 39.0 Å². The van der Waals surface area contributed by atoms with E-state index in [-0.39, 0.29) is 0 Å². The molecule has 0 radical (unpaired) electrons. The number of likely N-dealkylation sites (N-methyl/N-ethyl adjacent to an activating group) is 1. The first kappa shape index (κ1) is 21.1. The van der Waals surface area contributed by atoms with Gasteiger partial charge in [0.25, 0.3) is 0 Å². The number of aliphatic imine (C=N–C) groups is 1. The van der Waals surface area contributed by atoms with Crippen molar-refractivity contribution in [2.75, 3.05) is 52.9 Å². The molecule has 0 bridgehead atoms. The van der Waals surface area contributed by atoms with Crippen LogP contribution >= 0.6 is 11.6 Å². The lowest BCUT2D eigenvalue weighted by molar-refractivity contribution is 0.109. The van der Waals surface area contributed by atoms with Crippen molar-refractivity contribution >= 4 is 17.6 Å². The molecule has 0 spiro atoms. The summed E-state index contributed by atoms with van der Waals surface area (Å²) in [6.07, 6.45) is 1.94. The minimum absolute atomic E-state index is 0.459. The summed E-state index contributed by atoms with van der Waals surface area (Å²) in [5.41, 5.74) is 1.17. The van der Waals surface area contributed by atoms with Crippen LogP contribution in [-0.4, -0.2) is 84.1 Å². The van der Waals surface area contributed by atoms with Gasteiger partial charge in [0.2, 0.25) is 0 Å². The van der Waals surface area contributed by atoms with Gasteiger partial charge in [0.1, 0.15) is 0 Å². The summed E-state index contributed by atoms with van der Waals surface area (Å²) in [5.74, 6) is 0.948. The fraction of sp³-hybridized carbons (Fsp3) is 0.737. The highest BCUT2D eigenvalue weighted by molar-refractivity contribution is 6.30. The molecule has 7 heteroatoms. The molecule has 1 aliphatic heterocycles. The Bertz CT molecular complexity index is 577. The van der Waals surface area contributed by atoms with Gasteiger partial charge in [-0.1, -0.05) is 18.5 Å². The summed E-state index contributed by atoms with van der Waals surface area (Å²) in [6, 6.07) is 2.47. The SMILES string of the molecule is CCNC(=NCC(C)N1CCN(CC)CC1)N(C)Cc1cc(Cl)cn1C. The maximum absolute atomic E-state index is 6.11. The van der Waals surface area contributed by atoms with Gasteiger partial charge in [0.05, 0.1) is 18.1 Å². The van der Waals surface area contributed by atoms with Crippen molar-refractivity contribution < 1.29 is 0 Å². The molecule has 1 saturated heterocycles. The molecule has 2 rings (SSSR count). The summed E-state index contributed by atoms with van der Waals surface area (Å²) in [6.45, 7) is 14.8. The third-order valence-corrected chi connectivity index (χ3v) is 5.36. The molecule has 1 atom stereocenters. The van der Waals surface area contributed by atoms with Crippen LogP contribution in [0.25, 0.3) is 0 Å². The molecule has 1 unspecified atom stereocenters. The summed E-state index contributed by atoms with van der Waals surface area (Å²) in [4.78, 5) is 12.1. The van der Waals surface area contributed by atoms with E-state index in [2.05, 4.69) is 52.4 Å². The normalized spacial score (nSPS) is 18.2. The van der Waals surface area contributed by atoms with Crippen LogP contribution in [0, 0.1) is 0 Å². The van der Waals surface area contributed by atoms with Crippen molar-refractivity contribution in [1.29, 1.82) is 0 Å². The maximum atomic E-state index is 6.11. The Kier molecular flexibility index (Phi) is 8.25. The predicted octanol–water partition coefficient (Wildman–Crippen LogP) is 2.10. The largest absolute Gasteiger partial charge is 0.357 e. The molecule has 1 aliphatic rings. The van der Waals surface area contributed by atoms with E-state index in [1.54, 1.807) is 0 Å². The van der Waals surface area contributed by atoms with Gasteiger partial charge in [-0.2, -0.15) is 0 Å². The molecule has 1 aromatic rings. The second kappa shape index (κ2) is 10.2. The average Bonchev–Trinajstić information content (AvgIpc) is 2.95. The third-order valence-electron chi connectivity index (χ3n) is 5.15. The van der Waals surface area contributed by atoms with Gasteiger partial charge >= 0.3 is 0 Å². The molecule has 1 fully saturated rings. The molecule has 0 aromatic carbocycles. The second-order valence-corrected chi connectivity index (χ2v) is 7.57. The Hall–Kier alpha value is -1.24. The average molecular weight is 383 g/mol. The van der Waals surface area contributed by atoms with E-state index in [0.29, 0.717) is 6.04 Å². The van der Waals surface area contributed by atoms with Gasteiger partial charge in [-0.25, -0.2) is 0 Å². The molecule has 26 heavy (non-hydrogen) atoms. The van der Waals surface area contributed by atoms with Crippen LogP contribution < -0.4 is 5.32 Å². The number of nitrogens with zero attached hydrogens (tertiary/aromatic N) is 5. The fourth-order valence-corrected chi connectivity index (χ4v) is 3.64. The number of guanidine groups is 1. The lowest BCUT2D eigenvalue weighted by atomic mass is 10.2. The van der Waals surface area contributed by atoms with Gasteiger partial charge in [-0.05, 0) is 26.5 Å². The summed E-state index contributed by atoms with van der Waals surface area (Å²) in [5, 5.41) is 4.19. The van der Waals surface area contributed by atoms with Crippen LogP contribution in [0.5, 0.6) is 0 Å². The molecule has 0 saturated carbocycles. The summed E-state index contributed by atoms with van der Waals surface area (Å²) >= 11 is 6.11. The van der Waals surface area contributed by atoms with E-state index in [9.17, 15) is 0 Å². The number of aryl methyl sites for hydroxylation is 1. The minimum atomic E-state index is 0.459. The van der Waals surface area contributed by atoms with Gasteiger partial charge in [0.15, 0.2) is 5.96 Å². The fourth-order valence-electron chi connectivity index (χ4n) is 3.37. The quantitative estimate of drug-likeness (QED) is 0.579. The highest BCUT2D eigenvalue weighted by Crippen LogP contribution is 2.14. The van der Waals surface area contributed by atoms with E-state index in [1.807, 2.05) is 19.3 Å². The van der Waals surface area contributed by atoms with Crippen LogP contribution in [0.3, 0.4) is 0 Å². The van der Waals surface area contributed by atoms with E-state index < -0.39 is 0 Å². The lowest BCUT2D eigenvalue weighted by Crippen LogP contribution is -2.50. The third kappa shape index (κ3) is 5.89. The second-order valence-electron chi connectivity index (χ2n) is 7.13. The van der Waals surface area contributed by atoms with Gasteiger partial charge < -0.3 is 19.7 Å². The van der Waals surface area contributed by atoms with Crippen molar-refractivity contribution in [3.8, 4) is 0 Å². The summed E-state index contributed by atoms with van der Waals surface area (Å²) in [7, 11) is 4.10. The first-order chi connectivity index (χ1) is 12.4.